The molecule has 1 aromatic rings. The summed E-state index contributed by atoms with van der Waals surface area (Å²) < 4.78 is 0. The molecule has 100 valence electrons. The highest BCUT2D eigenvalue weighted by atomic mass is 14.7. The molecule has 1 atom stereocenters. The van der Waals surface area contributed by atoms with Crippen molar-refractivity contribution in [2.45, 2.75) is 39.5 Å². The molecule has 0 bridgehead atoms. The standard InChI is InChI=1S/C18H23N/c1-4-5-10-19-13-16-8-6-7-9-17(16)18-12-14(2)11-15(18)3/h6-9,11-13,18H,4-5,10H2,1-3H3. The highest BCUT2D eigenvalue weighted by molar-refractivity contribution is 5.82. The second-order valence-electron chi connectivity index (χ2n) is 5.29. The van der Waals surface area contributed by atoms with Gasteiger partial charge in [0.25, 0.3) is 0 Å². The lowest BCUT2D eigenvalue weighted by Gasteiger charge is -2.13. The van der Waals surface area contributed by atoms with E-state index in [1.165, 1.54) is 35.1 Å². The van der Waals surface area contributed by atoms with Crippen LogP contribution in [-0.4, -0.2) is 12.8 Å². The number of hydrogen-bond acceptors (Lipinski definition) is 1. The van der Waals surface area contributed by atoms with E-state index in [0.717, 1.165) is 6.54 Å². The number of allylic oxidation sites excluding steroid dienone is 4. The van der Waals surface area contributed by atoms with E-state index < -0.39 is 0 Å². The topological polar surface area (TPSA) is 12.4 Å². The summed E-state index contributed by atoms with van der Waals surface area (Å²) in [6.45, 7) is 7.51. The molecule has 1 nitrogen and oxygen atoms in total. The van der Waals surface area contributed by atoms with E-state index in [9.17, 15) is 0 Å². The van der Waals surface area contributed by atoms with Gasteiger partial charge in [0.05, 0.1) is 0 Å². The number of aliphatic imine (C=N–C) groups is 1. The van der Waals surface area contributed by atoms with Gasteiger partial charge in [-0.15, -0.1) is 0 Å². The Bertz CT molecular complexity index is 520. The average Bonchev–Trinajstić information content (AvgIpc) is 2.74. The van der Waals surface area contributed by atoms with Crippen LogP contribution in [0.3, 0.4) is 0 Å². The summed E-state index contributed by atoms with van der Waals surface area (Å²) in [6.07, 6.45) is 9.02. The molecule has 0 radical (unpaired) electrons. The Kier molecular flexibility index (Phi) is 4.73. The van der Waals surface area contributed by atoms with E-state index in [-0.39, 0.29) is 0 Å². The van der Waals surface area contributed by atoms with Gasteiger partial charge < -0.3 is 0 Å². The van der Waals surface area contributed by atoms with Crippen molar-refractivity contribution in [2.24, 2.45) is 4.99 Å². The molecule has 1 aliphatic carbocycles. The number of rotatable bonds is 5. The summed E-state index contributed by atoms with van der Waals surface area (Å²) in [4.78, 5) is 4.54. The van der Waals surface area contributed by atoms with Crippen LogP contribution < -0.4 is 0 Å². The van der Waals surface area contributed by atoms with E-state index in [1.54, 1.807) is 0 Å². The van der Waals surface area contributed by atoms with Gasteiger partial charge in [0.15, 0.2) is 0 Å². The van der Waals surface area contributed by atoms with Crippen molar-refractivity contribution in [1.29, 1.82) is 0 Å². The van der Waals surface area contributed by atoms with E-state index in [1.807, 2.05) is 6.21 Å². The van der Waals surface area contributed by atoms with Crippen LogP contribution in [0.4, 0.5) is 0 Å². The largest absolute Gasteiger partial charge is 0.293 e. The molecule has 0 aromatic heterocycles. The van der Waals surface area contributed by atoms with Crippen LogP contribution in [-0.2, 0) is 0 Å². The Morgan fingerprint density at radius 1 is 1.21 bits per heavy atom. The third-order valence-electron chi connectivity index (χ3n) is 3.58. The van der Waals surface area contributed by atoms with Crippen LogP contribution in [0.15, 0.2) is 52.6 Å². The van der Waals surface area contributed by atoms with Crippen molar-refractivity contribution < 1.29 is 0 Å². The van der Waals surface area contributed by atoms with Crippen LogP contribution in [0, 0.1) is 0 Å². The van der Waals surface area contributed by atoms with Gasteiger partial charge in [0, 0.05) is 18.7 Å². The molecule has 1 aromatic carbocycles. The maximum Gasteiger partial charge on any atom is 0.0389 e. The first-order chi connectivity index (χ1) is 9.22. The molecule has 1 aliphatic rings. The molecule has 0 saturated carbocycles. The van der Waals surface area contributed by atoms with Gasteiger partial charge in [0.2, 0.25) is 0 Å². The zero-order valence-electron chi connectivity index (χ0n) is 12.2. The van der Waals surface area contributed by atoms with Gasteiger partial charge in [-0.2, -0.15) is 0 Å². The third-order valence-corrected chi connectivity index (χ3v) is 3.58. The summed E-state index contributed by atoms with van der Waals surface area (Å²) >= 11 is 0. The minimum absolute atomic E-state index is 0.425. The van der Waals surface area contributed by atoms with Crippen molar-refractivity contribution in [2.75, 3.05) is 6.54 Å². The fraction of sp³-hybridized carbons (Fsp3) is 0.389. The molecule has 0 heterocycles. The van der Waals surface area contributed by atoms with Gasteiger partial charge in [-0.3, -0.25) is 4.99 Å². The summed E-state index contributed by atoms with van der Waals surface area (Å²) in [5.74, 6) is 0.425. The summed E-state index contributed by atoms with van der Waals surface area (Å²) in [5.41, 5.74) is 5.41. The highest BCUT2D eigenvalue weighted by Gasteiger charge is 2.17. The summed E-state index contributed by atoms with van der Waals surface area (Å²) in [5, 5.41) is 0. The van der Waals surface area contributed by atoms with Gasteiger partial charge in [0.1, 0.15) is 0 Å². The van der Waals surface area contributed by atoms with Crippen molar-refractivity contribution in [3.05, 3.63) is 58.7 Å². The lowest BCUT2D eigenvalue weighted by molar-refractivity contribution is 0.810. The maximum absolute atomic E-state index is 4.54. The Hall–Kier alpha value is -1.63. The molecular weight excluding hydrogens is 230 g/mol. The van der Waals surface area contributed by atoms with Crippen molar-refractivity contribution in [3.63, 3.8) is 0 Å². The number of hydrogen-bond donors (Lipinski definition) is 0. The number of unbranched alkanes of at least 4 members (excludes halogenated alkanes) is 1. The van der Waals surface area contributed by atoms with Crippen molar-refractivity contribution in [3.8, 4) is 0 Å². The van der Waals surface area contributed by atoms with Gasteiger partial charge >= 0.3 is 0 Å². The minimum Gasteiger partial charge on any atom is -0.293 e. The second-order valence-corrected chi connectivity index (χ2v) is 5.29. The van der Waals surface area contributed by atoms with E-state index in [4.69, 9.17) is 0 Å². The number of nitrogens with zero attached hydrogens (tertiary/aromatic N) is 1. The van der Waals surface area contributed by atoms with Gasteiger partial charge in [-0.1, -0.05) is 60.9 Å². The zero-order chi connectivity index (χ0) is 13.7. The van der Waals surface area contributed by atoms with Crippen LogP contribution in [0.25, 0.3) is 0 Å². The quantitative estimate of drug-likeness (QED) is 0.523. The molecule has 0 fully saturated rings. The van der Waals surface area contributed by atoms with Crippen LogP contribution in [0.2, 0.25) is 0 Å². The molecular formula is C18H23N. The Balaban J connectivity index is 2.22. The molecule has 0 saturated heterocycles. The fourth-order valence-corrected chi connectivity index (χ4v) is 2.55. The van der Waals surface area contributed by atoms with Crippen molar-refractivity contribution in [1.82, 2.24) is 0 Å². The molecule has 0 aliphatic heterocycles. The van der Waals surface area contributed by atoms with Crippen molar-refractivity contribution >= 4 is 6.21 Å². The average molecular weight is 253 g/mol. The molecule has 1 unspecified atom stereocenters. The minimum atomic E-state index is 0.425. The van der Waals surface area contributed by atoms with Crippen LogP contribution in [0.5, 0.6) is 0 Å². The summed E-state index contributed by atoms with van der Waals surface area (Å²) in [7, 11) is 0. The first kappa shape index (κ1) is 13.8. The predicted octanol–water partition coefficient (Wildman–Crippen LogP) is 4.90. The van der Waals surface area contributed by atoms with Crippen LogP contribution in [0.1, 0.15) is 50.7 Å². The smallest absolute Gasteiger partial charge is 0.0389 e. The van der Waals surface area contributed by atoms with Crippen LogP contribution >= 0.6 is 0 Å². The molecule has 0 amide bonds. The second kappa shape index (κ2) is 6.51. The Labute approximate surface area is 116 Å². The van der Waals surface area contributed by atoms with Gasteiger partial charge in [-0.25, -0.2) is 0 Å². The normalized spacial score (nSPS) is 18.8. The summed E-state index contributed by atoms with van der Waals surface area (Å²) in [6, 6.07) is 8.60. The fourth-order valence-electron chi connectivity index (χ4n) is 2.55. The molecule has 19 heavy (non-hydrogen) atoms. The van der Waals surface area contributed by atoms with E-state index >= 15 is 0 Å². The number of benzene rings is 1. The van der Waals surface area contributed by atoms with E-state index in [2.05, 4.69) is 62.2 Å². The SMILES string of the molecule is CCCCN=Cc1ccccc1C1C=C(C)C=C1C. The third kappa shape index (κ3) is 3.44. The lowest BCUT2D eigenvalue weighted by atomic mass is 9.91. The molecule has 0 N–H and O–H groups in total. The Morgan fingerprint density at radius 3 is 2.68 bits per heavy atom. The molecule has 2 rings (SSSR count). The molecule has 0 spiro atoms. The highest BCUT2D eigenvalue weighted by Crippen LogP contribution is 2.34. The maximum atomic E-state index is 4.54. The molecule has 1 heteroatoms. The zero-order valence-corrected chi connectivity index (χ0v) is 12.2. The van der Waals surface area contributed by atoms with E-state index in [0.29, 0.717) is 5.92 Å². The lowest BCUT2D eigenvalue weighted by Crippen LogP contribution is -2.00. The monoisotopic (exact) mass is 253 g/mol. The predicted molar refractivity (Wildman–Crippen MR) is 84.1 cm³/mol. The first-order valence-corrected chi connectivity index (χ1v) is 7.17. The van der Waals surface area contributed by atoms with Gasteiger partial charge in [-0.05, 0) is 31.4 Å². The first-order valence-electron chi connectivity index (χ1n) is 7.17. The Morgan fingerprint density at radius 2 is 2.00 bits per heavy atom.